The fraction of sp³-hybridized carbons (Fsp3) is 0.214. The van der Waals surface area contributed by atoms with Gasteiger partial charge in [-0.25, -0.2) is 4.98 Å². The number of para-hydroxylation sites is 2. The van der Waals surface area contributed by atoms with E-state index in [1.807, 2.05) is 54.6 Å². The zero-order chi connectivity index (χ0) is 25.8. The van der Waals surface area contributed by atoms with Gasteiger partial charge in [0.15, 0.2) is 0 Å². The number of imidazole rings is 1. The van der Waals surface area contributed by atoms with E-state index in [-0.39, 0.29) is 31.3 Å². The van der Waals surface area contributed by atoms with Crippen molar-refractivity contribution in [2.75, 3.05) is 11.9 Å². The van der Waals surface area contributed by atoms with E-state index in [1.165, 1.54) is 0 Å². The molecule has 0 saturated carbocycles. The van der Waals surface area contributed by atoms with Gasteiger partial charge in [0.05, 0.1) is 24.0 Å². The second-order valence-electron chi connectivity index (χ2n) is 9.05. The summed E-state index contributed by atoms with van der Waals surface area (Å²) in [6.45, 7) is 0.947. The van der Waals surface area contributed by atoms with Gasteiger partial charge in [0.1, 0.15) is 11.9 Å². The molecule has 3 aromatic carbocycles. The van der Waals surface area contributed by atoms with Gasteiger partial charge in [-0.1, -0.05) is 42.5 Å². The van der Waals surface area contributed by atoms with E-state index in [2.05, 4.69) is 20.6 Å². The highest BCUT2D eigenvalue weighted by Crippen LogP contribution is 2.26. The number of carbonyl (C=O) groups excluding carboxylic acids is 2. The molecule has 0 unspecified atom stereocenters. The molecule has 2 heterocycles. The molecule has 9 nitrogen and oxygen atoms in total. The van der Waals surface area contributed by atoms with Gasteiger partial charge in [-0.2, -0.15) is 0 Å². The van der Waals surface area contributed by atoms with Crippen molar-refractivity contribution >= 4 is 34.5 Å². The number of fused-ring (bicyclic) bond motifs is 2. The second kappa shape index (κ2) is 10.5. The summed E-state index contributed by atoms with van der Waals surface area (Å²) in [6, 6.07) is 21.7. The molecule has 1 atom stereocenters. The number of nitrogens with one attached hydrogen (secondary N) is 3. The van der Waals surface area contributed by atoms with Crippen LogP contribution in [-0.4, -0.2) is 50.3 Å². The van der Waals surface area contributed by atoms with Gasteiger partial charge in [-0.15, -0.1) is 0 Å². The van der Waals surface area contributed by atoms with Crippen LogP contribution < -0.4 is 10.6 Å². The first-order chi connectivity index (χ1) is 18.0. The van der Waals surface area contributed by atoms with Crippen LogP contribution in [0.5, 0.6) is 0 Å². The van der Waals surface area contributed by atoms with Crippen molar-refractivity contribution in [3.05, 3.63) is 95.3 Å². The van der Waals surface area contributed by atoms with E-state index in [0.717, 1.165) is 22.2 Å². The van der Waals surface area contributed by atoms with Crippen molar-refractivity contribution in [2.45, 2.75) is 32.0 Å². The quantitative estimate of drug-likeness (QED) is 0.296. The maximum Gasteiger partial charge on any atom is 0.305 e. The largest absolute Gasteiger partial charge is 0.481 e. The summed E-state index contributed by atoms with van der Waals surface area (Å²) in [4.78, 5) is 47.0. The Balaban J connectivity index is 1.33. The van der Waals surface area contributed by atoms with Gasteiger partial charge >= 0.3 is 5.97 Å². The standard InChI is InChI=1S/C28H27N5O4/c34-26(35)15-24-28(37)33(13-12-18-6-2-1-3-7-18)17-20-14-19(10-11-21(20)30-24)27(36)29-16-25-31-22-8-4-5-9-23(22)32-25/h1-11,14,24,30H,12-13,15-17H2,(H,29,36)(H,31,32)(H,34,35)/t24-/m0/s1. The summed E-state index contributed by atoms with van der Waals surface area (Å²) in [5, 5.41) is 15.3. The van der Waals surface area contributed by atoms with Gasteiger partial charge < -0.3 is 25.6 Å². The molecule has 0 saturated heterocycles. The minimum Gasteiger partial charge on any atom is -0.481 e. The molecule has 4 aromatic rings. The molecule has 0 aliphatic carbocycles. The number of carboxylic acid groups (broad SMARTS) is 1. The van der Waals surface area contributed by atoms with Crippen LogP contribution in [0.4, 0.5) is 5.69 Å². The lowest BCUT2D eigenvalue weighted by molar-refractivity contribution is -0.141. The van der Waals surface area contributed by atoms with Crippen LogP contribution in [0.3, 0.4) is 0 Å². The fourth-order valence-electron chi connectivity index (χ4n) is 4.53. The predicted octanol–water partition coefficient (Wildman–Crippen LogP) is 3.33. The number of aliphatic carboxylic acids is 1. The van der Waals surface area contributed by atoms with Crippen molar-refractivity contribution in [1.29, 1.82) is 0 Å². The molecule has 9 heteroatoms. The molecular weight excluding hydrogens is 470 g/mol. The number of anilines is 1. The smallest absolute Gasteiger partial charge is 0.305 e. The van der Waals surface area contributed by atoms with E-state index < -0.39 is 12.0 Å². The normalized spacial score (nSPS) is 15.1. The predicted molar refractivity (Wildman–Crippen MR) is 139 cm³/mol. The maximum atomic E-state index is 13.2. The lowest BCUT2D eigenvalue weighted by Gasteiger charge is -2.24. The van der Waals surface area contributed by atoms with E-state index in [1.54, 1.807) is 23.1 Å². The topological polar surface area (TPSA) is 127 Å². The van der Waals surface area contributed by atoms with Crippen molar-refractivity contribution in [3.63, 3.8) is 0 Å². The average molecular weight is 498 g/mol. The van der Waals surface area contributed by atoms with Crippen molar-refractivity contribution < 1.29 is 19.5 Å². The number of aromatic nitrogens is 2. The number of H-pyrrole nitrogens is 1. The molecule has 1 aliphatic rings. The molecule has 5 rings (SSSR count). The molecule has 0 bridgehead atoms. The summed E-state index contributed by atoms with van der Waals surface area (Å²) in [5.41, 5.74) is 4.67. The third-order valence-electron chi connectivity index (χ3n) is 6.41. The number of carboxylic acids is 1. The Bertz CT molecular complexity index is 1420. The minimum absolute atomic E-state index is 0.241. The van der Waals surface area contributed by atoms with Crippen LogP contribution in [0, 0.1) is 0 Å². The summed E-state index contributed by atoms with van der Waals surface area (Å²) in [7, 11) is 0. The molecule has 2 amide bonds. The Hall–Kier alpha value is -4.66. The van der Waals surface area contributed by atoms with Gasteiger partial charge in [0.2, 0.25) is 5.91 Å². The SMILES string of the molecule is O=C(O)C[C@@H]1Nc2ccc(C(=O)NCc3nc4ccccc4[nH]3)cc2CN(CCc2ccccc2)C1=O. The Morgan fingerprint density at radius 3 is 2.62 bits per heavy atom. The zero-order valence-corrected chi connectivity index (χ0v) is 20.1. The number of aromatic amines is 1. The Morgan fingerprint density at radius 1 is 1.05 bits per heavy atom. The number of benzene rings is 3. The first-order valence-corrected chi connectivity index (χ1v) is 12.1. The summed E-state index contributed by atoms with van der Waals surface area (Å²) in [5.74, 6) is -0.943. The van der Waals surface area contributed by atoms with E-state index in [0.29, 0.717) is 30.0 Å². The van der Waals surface area contributed by atoms with Crippen LogP contribution >= 0.6 is 0 Å². The van der Waals surface area contributed by atoms with Crippen LogP contribution in [0.25, 0.3) is 11.0 Å². The lowest BCUT2D eigenvalue weighted by Crippen LogP contribution is -2.42. The number of carbonyl (C=O) groups is 3. The number of hydrogen-bond acceptors (Lipinski definition) is 5. The summed E-state index contributed by atoms with van der Waals surface area (Å²) in [6.07, 6.45) is 0.305. The Labute approximate surface area is 213 Å². The third-order valence-corrected chi connectivity index (χ3v) is 6.41. The van der Waals surface area contributed by atoms with E-state index in [9.17, 15) is 19.5 Å². The Kier molecular flexibility index (Phi) is 6.85. The molecule has 0 spiro atoms. The molecule has 188 valence electrons. The molecule has 37 heavy (non-hydrogen) atoms. The summed E-state index contributed by atoms with van der Waals surface area (Å²) >= 11 is 0. The second-order valence-corrected chi connectivity index (χ2v) is 9.05. The zero-order valence-electron chi connectivity index (χ0n) is 20.1. The Morgan fingerprint density at radius 2 is 1.84 bits per heavy atom. The van der Waals surface area contributed by atoms with Crippen molar-refractivity contribution in [2.24, 2.45) is 0 Å². The minimum atomic E-state index is -1.06. The molecule has 4 N–H and O–H groups in total. The monoisotopic (exact) mass is 497 g/mol. The van der Waals surface area contributed by atoms with Gasteiger partial charge in [-0.05, 0) is 47.9 Å². The van der Waals surface area contributed by atoms with Crippen LogP contribution in [0.15, 0.2) is 72.8 Å². The lowest BCUT2D eigenvalue weighted by atomic mass is 10.1. The number of nitrogens with zero attached hydrogens (tertiary/aromatic N) is 2. The van der Waals surface area contributed by atoms with Crippen LogP contribution in [0.1, 0.15) is 33.7 Å². The highest BCUT2D eigenvalue weighted by molar-refractivity contribution is 5.96. The first kappa shape index (κ1) is 24.1. The van der Waals surface area contributed by atoms with Crippen LogP contribution in [0.2, 0.25) is 0 Å². The van der Waals surface area contributed by atoms with Crippen molar-refractivity contribution in [1.82, 2.24) is 20.2 Å². The average Bonchev–Trinajstić information content (AvgIpc) is 3.27. The number of hydrogen-bond donors (Lipinski definition) is 4. The fourth-order valence-corrected chi connectivity index (χ4v) is 4.53. The molecule has 0 fully saturated rings. The highest BCUT2D eigenvalue weighted by Gasteiger charge is 2.31. The van der Waals surface area contributed by atoms with Gasteiger partial charge in [0.25, 0.3) is 5.91 Å². The molecule has 1 aromatic heterocycles. The van der Waals surface area contributed by atoms with Crippen LogP contribution in [-0.2, 0) is 29.1 Å². The maximum absolute atomic E-state index is 13.2. The van der Waals surface area contributed by atoms with E-state index >= 15 is 0 Å². The number of amides is 2. The van der Waals surface area contributed by atoms with Crippen molar-refractivity contribution in [3.8, 4) is 0 Å². The first-order valence-electron chi connectivity index (χ1n) is 12.1. The third kappa shape index (κ3) is 5.61. The number of rotatable bonds is 8. The van der Waals surface area contributed by atoms with Gasteiger partial charge in [-0.3, -0.25) is 14.4 Å². The summed E-state index contributed by atoms with van der Waals surface area (Å²) < 4.78 is 0. The molecule has 0 radical (unpaired) electrons. The molecular formula is C28H27N5O4. The molecule has 1 aliphatic heterocycles. The highest BCUT2D eigenvalue weighted by atomic mass is 16.4. The van der Waals surface area contributed by atoms with E-state index in [4.69, 9.17) is 0 Å². The van der Waals surface area contributed by atoms with Gasteiger partial charge in [0, 0.05) is 24.3 Å².